The lowest BCUT2D eigenvalue weighted by atomic mass is 9.86. The molecular weight excluding hydrogens is 658 g/mol. The number of amides is 3. The molecule has 1 atom stereocenters. The van der Waals surface area contributed by atoms with E-state index in [9.17, 15) is 41.0 Å². The molecule has 49 heavy (non-hydrogen) atoms. The monoisotopic (exact) mass is 696 g/mol. The zero-order valence-electron chi connectivity index (χ0n) is 27.3. The Balaban J connectivity index is 1.36. The summed E-state index contributed by atoms with van der Waals surface area (Å²) in [5.74, 6) is 0.865. The van der Waals surface area contributed by atoms with Crippen molar-refractivity contribution in [3.63, 3.8) is 0 Å². The van der Waals surface area contributed by atoms with E-state index in [-0.39, 0.29) is 43.6 Å². The average molecular weight is 697 g/mol. The standard InChI is InChI=1S/C35H38F6N2O6/c1-5-10-23(27-14-12-26(19-24(27)11-6-2)33(46,34(36,37)38)35(39,40)41)18-22(3)47-17-9-7-8-16-43-30(44)32(4,42-31(43)45)25-13-15-28-29(20-25)49-21-48-28/h5,10,12-15,18-20,46H,3,6-9,11,16-17,21H2,1-2,4H3,(H,42,45)/b10-5-,23-18+/t32-/m0/s1. The second kappa shape index (κ2) is 14.6. The number of rotatable bonds is 14. The molecule has 1 fully saturated rings. The summed E-state index contributed by atoms with van der Waals surface area (Å²) in [7, 11) is 0. The van der Waals surface area contributed by atoms with Crippen LogP contribution in [0.2, 0.25) is 0 Å². The molecule has 266 valence electrons. The quantitative estimate of drug-likeness (QED) is 0.0688. The minimum Gasteiger partial charge on any atom is -0.494 e. The third kappa shape index (κ3) is 7.58. The number of ether oxygens (including phenoxy) is 3. The van der Waals surface area contributed by atoms with E-state index in [0.29, 0.717) is 59.9 Å². The highest BCUT2D eigenvalue weighted by Crippen LogP contribution is 2.50. The maximum Gasteiger partial charge on any atom is 0.430 e. The average Bonchev–Trinajstić information content (AvgIpc) is 3.58. The number of nitrogens with one attached hydrogen (secondary N) is 1. The maximum absolute atomic E-state index is 13.5. The molecule has 2 aromatic rings. The van der Waals surface area contributed by atoms with Crippen LogP contribution >= 0.6 is 0 Å². The van der Waals surface area contributed by atoms with Crippen LogP contribution in [0.5, 0.6) is 11.5 Å². The third-order valence-corrected chi connectivity index (χ3v) is 8.37. The zero-order chi connectivity index (χ0) is 36.2. The number of fused-ring (bicyclic) bond motifs is 1. The van der Waals surface area contributed by atoms with Crippen molar-refractivity contribution in [2.45, 2.75) is 76.4 Å². The van der Waals surface area contributed by atoms with Crippen molar-refractivity contribution in [2.24, 2.45) is 0 Å². The Labute approximate surface area is 280 Å². The molecule has 2 N–H and O–H groups in total. The predicted octanol–water partition coefficient (Wildman–Crippen LogP) is 7.81. The lowest BCUT2D eigenvalue weighted by molar-refractivity contribution is -0.376. The first kappa shape index (κ1) is 37.4. The fraction of sp³-hybridized carbons (Fsp3) is 0.429. The molecule has 2 heterocycles. The predicted molar refractivity (Wildman–Crippen MR) is 168 cm³/mol. The van der Waals surface area contributed by atoms with Gasteiger partial charge < -0.3 is 24.6 Å². The van der Waals surface area contributed by atoms with Gasteiger partial charge in [0.15, 0.2) is 11.5 Å². The number of nitrogens with zero attached hydrogens (tertiary/aromatic N) is 1. The van der Waals surface area contributed by atoms with Crippen LogP contribution in [-0.2, 0) is 27.1 Å². The molecule has 0 radical (unpaired) electrons. The summed E-state index contributed by atoms with van der Waals surface area (Å²) in [6, 6.07) is 7.04. The van der Waals surface area contributed by atoms with E-state index >= 15 is 0 Å². The summed E-state index contributed by atoms with van der Waals surface area (Å²) in [4.78, 5) is 27.1. The molecule has 0 spiro atoms. The molecule has 0 aromatic heterocycles. The van der Waals surface area contributed by atoms with Crippen LogP contribution in [0.1, 0.15) is 68.7 Å². The normalized spacial score (nSPS) is 18.4. The summed E-state index contributed by atoms with van der Waals surface area (Å²) in [5.41, 5.74) is -6.06. The molecule has 0 unspecified atom stereocenters. The van der Waals surface area contributed by atoms with Crippen molar-refractivity contribution in [3.05, 3.63) is 89.2 Å². The summed E-state index contributed by atoms with van der Waals surface area (Å²) >= 11 is 0. The van der Waals surface area contributed by atoms with Crippen molar-refractivity contribution in [3.8, 4) is 11.5 Å². The Morgan fingerprint density at radius 3 is 2.39 bits per heavy atom. The summed E-state index contributed by atoms with van der Waals surface area (Å²) in [6.07, 6.45) is -5.00. The number of alkyl halides is 6. The van der Waals surface area contributed by atoms with E-state index in [0.717, 1.165) is 12.1 Å². The van der Waals surface area contributed by atoms with Crippen LogP contribution in [-0.4, -0.2) is 54.2 Å². The van der Waals surface area contributed by atoms with E-state index in [1.54, 1.807) is 51.1 Å². The smallest absolute Gasteiger partial charge is 0.430 e. The van der Waals surface area contributed by atoms with E-state index in [1.165, 1.54) is 11.0 Å². The molecule has 0 bridgehead atoms. The Morgan fingerprint density at radius 2 is 1.73 bits per heavy atom. The molecule has 1 saturated heterocycles. The van der Waals surface area contributed by atoms with Crippen molar-refractivity contribution in [2.75, 3.05) is 19.9 Å². The molecule has 3 amide bonds. The number of allylic oxidation sites excluding steroid dienone is 4. The van der Waals surface area contributed by atoms with E-state index in [4.69, 9.17) is 14.2 Å². The van der Waals surface area contributed by atoms with Gasteiger partial charge in [0.1, 0.15) is 11.3 Å². The number of hydrogen-bond donors (Lipinski definition) is 2. The van der Waals surface area contributed by atoms with Crippen molar-refractivity contribution in [1.29, 1.82) is 0 Å². The minimum atomic E-state index is -5.99. The lowest BCUT2D eigenvalue weighted by Crippen LogP contribution is -2.54. The van der Waals surface area contributed by atoms with Gasteiger partial charge in [-0.05, 0) is 80.0 Å². The highest BCUT2D eigenvalue weighted by molar-refractivity contribution is 6.07. The summed E-state index contributed by atoms with van der Waals surface area (Å²) in [5, 5.41) is 12.7. The van der Waals surface area contributed by atoms with Crippen LogP contribution < -0.4 is 14.8 Å². The van der Waals surface area contributed by atoms with Gasteiger partial charge in [0.25, 0.3) is 11.5 Å². The zero-order valence-corrected chi connectivity index (χ0v) is 27.3. The molecular formula is C35H38F6N2O6. The van der Waals surface area contributed by atoms with E-state index < -0.39 is 35.1 Å². The number of aryl methyl sites for hydroxylation is 1. The number of urea groups is 1. The van der Waals surface area contributed by atoms with Gasteiger partial charge in [0.05, 0.1) is 6.61 Å². The third-order valence-electron chi connectivity index (χ3n) is 8.37. The molecule has 8 nitrogen and oxygen atoms in total. The van der Waals surface area contributed by atoms with Crippen LogP contribution in [0.4, 0.5) is 31.1 Å². The van der Waals surface area contributed by atoms with E-state index in [2.05, 4.69) is 11.9 Å². The first-order valence-corrected chi connectivity index (χ1v) is 15.7. The maximum atomic E-state index is 13.5. The second-order valence-electron chi connectivity index (χ2n) is 11.9. The SMILES string of the molecule is C=C(/C=C(\C=C/C)c1ccc(C(O)(C(F)(F)F)C(F)(F)F)cc1CCC)OCCCCCN1C(=O)N[C@@](C)(c2ccc3c(c2)OCO3)C1=O. The van der Waals surface area contributed by atoms with Crippen LogP contribution in [0.15, 0.2) is 67.0 Å². The summed E-state index contributed by atoms with van der Waals surface area (Å²) < 4.78 is 97.6. The van der Waals surface area contributed by atoms with Gasteiger partial charge >= 0.3 is 18.4 Å². The Hall–Kier alpha value is -4.46. The lowest BCUT2D eigenvalue weighted by Gasteiger charge is -2.33. The number of imide groups is 1. The number of benzene rings is 2. The van der Waals surface area contributed by atoms with Gasteiger partial charge in [-0.2, -0.15) is 26.3 Å². The number of unbranched alkanes of at least 4 members (excludes halogenated alkanes) is 2. The highest BCUT2D eigenvalue weighted by Gasteiger charge is 2.71. The van der Waals surface area contributed by atoms with Crippen LogP contribution in [0, 0.1) is 0 Å². The van der Waals surface area contributed by atoms with Crippen molar-refractivity contribution >= 4 is 17.5 Å². The van der Waals surface area contributed by atoms with Gasteiger partial charge in [-0.15, -0.1) is 0 Å². The molecule has 0 saturated carbocycles. The topological polar surface area (TPSA) is 97.3 Å². The number of hydrogen-bond acceptors (Lipinski definition) is 6. The number of carbonyl (C=O) groups excluding carboxylic acids is 2. The van der Waals surface area contributed by atoms with Gasteiger partial charge in [-0.25, -0.2) is 4.79 Å². The van der Waals surface area contributed by atoms with Crippen molar-refractivity contribution < 1.29 is 55.2 Å². The summed E-state index contributed by atoms with van der Waals surface area (Å²) in [6.45, 7) is 9.41. The first-order chi connectivity index (χ1) is 23.0. The Kier molecular flexibility index (Phi) is 11.1. The first-order valence-electron chi connectivity index (χ1n) is 15.7. The minimum absolute atomic E-state index is 0.0779. The Morgan fingerprint density at radius 1 is 1.04 bits per heavy atom. The molecule has 4 rings (SSSR count). The molecule has 14 heteroatoms. The molecule has 2 aliphatic rings. The molecule has 0 aliphatic carbocycles. The van der Waals surface area contributed by atoms with Gasteiger partial charge in [-0.3, -0.25) is 9.69 Å². The number of halogens is 6. The molecule has 2 aromatic carbocycles. The van der Waals surface area contributed by atoms with Gasteiger partial charge in [-0.1, -0.05) is 56.3 Å². The number of carbonyl (C=O) groups is 2. The van der Waals surface area contributed by atoms with Gasteiger partial charge in [0.2, 0.25) is 6.79 Å². The van der Waals surface area contributed by atoms with Gasteiger partial charge in [0, 0.05) is 12.1 Å². The van der Waals surface area contributed by atoms with Crippen LogP contribution in [0.25, 0.3) is 5.57 Å². The molecule has 2 aliphatic heterocycles. The highest BCUT2D eigenvalue weighted by atomic mass is 19.4. The second-order valence-corrected chi connectivity index (χ2v) is 11.9. The number of aliphatic hydroxyl groups is 1. The fourth-order valence-corrected chi connectivity index (χ4v) is 5.73. The van der Waals surface area contributed by atoms with Crippen molar-refractivity contribution in [1.82, 2.24) is 10.2 Å². The fourth-order valence-electron chi connectivity index (χ4n) is 5.73. The van der Waals surface area contributed by atoms with Crippen LogP contribution in [0.3, 0.4) is 0 Å². The largest absolute Gasteiger partial charge is 0.494 e. The van der Waals surface area contributed by atoms with E-state index in [1.807, 2.05) is 0 Å². The Bertz CT molecular complexity index is 1620.